The minimum Gasteiger partial charge on any atom is -0.381 e. The molecule has 0 saturated carbocycles. The van der Waals surface area contributed by atoms with Crippen LogP contribution in [-0.4, -0.2) is 37.8 Å². The molecule has 0 aliphatic rings. The first-order chi connectivity index (χ1) is 17.5. The molecule has 4 N–H and O–H groups in total. The van der Waals surface area contributed by atoms with E-state index in [1.807, 2.05) is 84.9 Å². The van der Waals surface area contributed by atoms with Crippen molar-refractivity contribution in [3.8, 4) is 11.3 Å². The summed E-state index contributed by atoms with van der Waals surface area (Å²) in [5.41, 5.74) is 9.48. The van der Waals surface area contributed by atoms with Gasteiger partial charge in [0.05, 0.1) is 31.0 Å². The van der Waals surface area contributed by atoms with Crippen LogP contribution in [0.2, 0.25) is 0 Å². The third-order valence-corrected chi connectivity index (χ3v) is 6.13. The molecule has 4 aromatic rings. The molecule has 36 heavy (non-hydrogen) atoms. The van der Waals surface area contributed by atoms with Gasteiger partial charge >= 0.3 is 0 Å². The number of nitrogens with two attached hydrogens (primary N) is 1. The number of rotatable bonds is 11. The molecule has 0 bridgehead atoms. The van der Waals surface area contributed by atoms with E-state index in [-0.39, 0.29) is 12.1 Å². The van der Waals surface area contributed by atoms with E-state index < -0.39 is 24.0 Å². The maximum Gasteiger partial charge on any atom is 0.273 e. The number of primary amides is 1. The highest BCUT2D eigenvalue weighted by Gasteiger charge is 2.28. The fourth-order valence-electron chi connectivity index (χ4n) is 3.69. The zero-order valence-corrected chi connectivity index (χ0v) is 20.2. The normalized spacial score (nSPS) is 12.6. The van der Waals surface area contributed by atoms with Crippen LogP contribution in [0.5, 0.6) is 0 Å². The van der Waals surface area contributed by atoms with Gasteiger partial charge in [-0.3, -0.25) is 9.59 Å². The zero-order valence-electron chi connectivity index (χ0n) is 19.4. The van der Waals surface area contributed by atoms with Crippen LogP contribution in [0.15, 0.2) is 84.9 Å². The van der Waals surface area contributed by atoms with Crippen LogP contribution in [0.4, 0.5) is 0 Å². The first-order valence-electron chi connectivity index (χ1n) is 11.4. The van der Waals surface area contributed by atoms with Gasteiger partial charge in [-0.1, -0.05) is 84.9 Å². The van der Waals surface area contributed by atoms with E-state index in [9.17, 15) is 14.7 Å². The summed E-state index contributed by atoms with van der Waals surface area (Å²) in [5.74, 6) is -1.46. The van der Waals surface area contributed by atoms with Crippen molar-refractivity contribution in [2.75, 3.05) is 0 Å². The standard InChI is InChI=1S/C27H26N4O4S/c28-26(33)25(32)22(15-18-7-3-1-4-8-18)29-27(34)24-23(30-36-31-24)21-13-11-20(12-14-21)17-35-16-19-9-5-2-6-10-19/h1-14,22,25,32H,15-17H2,(H2,28,33)(H,29,34). The summed E-state index contributed by atoms with van der Waals surface area (Å²) in [6.45, 7) is 0.966. The minimum atomic E-state index is -1.56. The van der Waals surface area contributed by atoms with Crippen LogP contribution in [-0.2, 0) is 29.2 Å². The van der Waals surface area contributed by atoms with Gasteiger partial charge in [-0.2, -0.15) is 8.75 Å². The average molecular weight is 503 g/mol. The lowest BCUT2D eigenvalue weighted by atomic mass is 10.00. The van der Waals surface area contributed by atoms with Gasteiger partial charge < -0.3 is 20.9 Å². The Balaban J connectivity index is 1.43. The lowest BCUT2D eigenvalue weighted by Gasteiger charge is -2.22. The van der Waals surface area contributed by atoms with E-state index in [1.54, 1.807) is 0 Å². The van der Waals surface area contributed by atoms with Crippen LogP contribution in [0.3, 0.4) is 0 Å². The molecule has 9 heteroatoms. The number of aromatic nitrogens is 2. The van der Waals surface area contributed by atoms with Gasteiger partial charge in [-0.15, -0.1) is 0 Å². The number of nitrogens with one attached hydrogen (secondary N) is 1. The number of aliphatic hydroxyl groups is 1. The Morgan fingerprint density at radius 2 is 1.44 bits per heavy atom. The lowest BCUT2D eigenvalue weighted by Crippen LogP contribution is -2.50. The van der Waals surface area contributed by atoms with Crippen molar-refractivity contribution in [2.45, 2.75) is 31.8 Å². The van der Waals surface area contributed by atoms with Gasteiger partial charge in [0.15, 0.2) is 11.8 Å². The Bertz CT molecular complexity index is 1280. The molecule has 2 atom stereocenters. The predicted molar refractivity (Wildman–Crippen MR) is 137 cm³/mol. The van der Waals surface area contributed by atoms with Gasteiger partial charge in [0.2, 0.25) is 5.91 Å². The molecule has 0 spiro atoms. The van der Waals surface area contributed by atoms with Gasteiger partial charge in [-0.05, 0) is 23.1 Å². The van der Waals surface area contributed by atoms with E-state index in [0.29, 0.717) is 18.9 Å². The molecule has 8 nitrogen and oxygen atoms in total. The SMILES string of the molecule is NC(=O)C(O)C(Cc1ccccc1)NC(=O)c1nsnc1-c1ccc(COCc2ccccc2)cc1. The highest BCUT2D eigenvalue weighted by molar-refractivity contribution is 6.99. The second-order valence-corrected chi connectivity index (χ2v) is 8.78. The maximum atomic E-state index is 13.1. The lowest BCUT2D eigenvalue weighted by molar-refractivity contribution is -0.127. The zero-order chi connectivity index (χ0) is 25.3. The fraction of sp³-hybridized carbons (Fsp3) is 0.185. The number of nitrogens with zero attached hydrogens (tertiary/aromatic N) is 2. The van der Waals surface area contributed by atoms with E-state index in [4.69, 9.17) is 10.5 Å². The quantitative estimate of drug-likeness (QED) is 0.289. The number of amides is 2. The van der Waals surface area contributed by atoms with Crippen molar-refractivity contribution in [3.63, 3.8) is 0 Å². The maximum absolute atomic E-state index is 13.1. The summed E-state index contributed by atoms with van der Waals surface area (Å²) in [6, 6.07) is 25.8. The summed E-state index contributed by atoms with van der Waals surface area (Å²) < 4.78 is 14.2. The van der Waals surface area contributed by atoms with Crippen molar-refractivity contribution in [2.24, 2.45) is 5.73 Å². The monoisotopic (exact) mass is 502 g/mol. The Hall–Kier alpha value is -3.92. The molecule has 0 radical (unpaired) electrons. The number of carbonyl (C=O) groups excluding carboxylic acids is 2. The summed E-state index contributed by atoms with van der Waals surface area (Å²) in [7, 11) is 0. The molecule has 0 fully saturated rings. The van der Waals surface area contributed by atoms with Crippen molar-refractivity contribution < 1.29 is 19.4 Å². The van der Waals surface area contributed by atoms with Gasteiger partial charge in [0.1, 0.15) is 5.69 Å². The van der Waals surface area contributed by atoms with Gasteiger partial charge in [0.25, 0.3) is 5.91 Å². The number of hydrogen-bond donors (Lipinski definition) is 3. The molecule has 2 unspecified atom stereocenters. The van der Waals surface area contributed by atoms with Crippen LogP contribution in [0, 0.1) is 0 Å². The predicted octanol–water partition coefficient (Wildman–Crippen LogP) is 3.11. The van der Waals surface area contributed by atoms with E-state index in [1.165, 1.54) is 0 Å². The van der Waals surface area contributed by atoms with Crippen LogP contribution in [0.25, 0.3) is 11.3 Å². The molecule has 2 amide bonds. The molecule has 1 aromatic heterocycles. The van der Waals surface area contributed by atoms with Crippen LogP contribution >= 0.6 is 11.7 Å². The third-order valence-electron chi connectivity index (χ3n) is 5.60. The number of carbonyl (C=O) groups is 2. The van der Waals surface area contributed by atoms with Gasteiger partial charge in [0, 0.05) is 5.56 Å². The van der Waals surface area contributed by atoms with Crippen LogP contribution in [0.1, 0.15) is 27.2 Å². The van der Waals surface area contributed by atoms with E-state index in [2.05, 4.69) is 14.1 Å². The number of benzene rings is 3. The Morgan fingerprint density at radius 3 is 2.06 bits per heavy atom. The number of hydrogen-bond acceptors (Lipinski definition) is 7. The topological polar surface area (TPSA) is 127 Å². The largest absolute Gasteiger partial charge is 0.381 e. The Kier molecular flexibility index (Phi) is 8.51. The molecule has 184 valence electrons. The molecule has 3 aromatic carbocycles. The van der Waals surface area contributed by atoms with Gasteiger partial charge in [-0.25, -0.2) is 0 Å². The molecular formula is C27H26N4O4S. The fourth-order valence-corrected chi connectivity index (χ4v) is 4.26. The molecule has 0 saturated heterocycles. The first-order valence-corrected chi connectivity index (χ1v) is 12.1. The van der Waals surface area contributed by atoms with Crippen molar-refractivity contribution in [3.05, 3.63) is 107 Å². The number of aliphatic hydroxyl groups excluding tert-OH is 1. The Morgan fingerprint density at radius 1 is 0.861 bits per heavy atom. The average Bonchev–Trinajstić information content (AvgIpc) is 3.40. The van der Waals surface area contributed by atoms with Crippen molar-refractivity contribution >= 4 is 23.5 Å². The summed E-state index contributed by atoms with van der Waals surface area (Å²) in [5, 5.41) is 13.0. The third kappa shape index (κ3) is 6.60. The van der Waals surface area contributed by atoms with E-state index in [0.717, 1.165) is 34.0 Å². The smallest absolute Gasteiger partial charge is 0.273 e. The molecule has 0 aliphatic carbocycles. The molecule has 4 rings (SSSR count). The molecular weight excluding hydrogens is 476 g/mol. The highest BCUT2D eigenvalue weighted by Crippen LogP contribution is 2.23. The van der Waals surface area contributed by atoms with Crippen molar-refractivity contribution in [1.29, 1.82) is 0 Å². The summed E-state index contributed by atoms with van der Waals surface area (Å²) in [4.78, 5) is 24.7. The molecule has 0 aliphatic heterocycles. The first kappa shape index (κ1) is 25.2. The molecule has 1 heterocycles. The highest BCUT2D eigenvalue weighted by atomic mass is 32.1. The Labute approximate surface area is 213 Å². The van der Waals surface area contributed by atoms with Crippen LogP contribution < -0.4 is 11.1 Å². The van der Waals surface area contributed by atoms with E-state index >= 15 is 0 Å². The summed E-state index contributed by atoms with van der Waals surface area (Å²) in [6.07, 6.45) is -1.33. The minimum absolute atomic E-state index is 0.114. The van der Waals surface area contributed by atoms with Crippen molar-refractivity contribution in [1.82, 2.24) is 14.1 Å². The number of ether oxygens (including phenoxy) is 1. The second kappa shape index (κ2) is 12.2. The second-order valence-electron chi connectivity index (χ2n) is 8.25. The summed E-state index contributed by atoms with van der Waals surface area (Å²) >= 11 is 0.911.